The minimum atomic E-state index is 0. The second kappa shape index (κ2) is 8.14. The zero-order chi connectivity index (χ0) is 15.5. The van der Waals surface area contributed by atoms with Gasteiger partial charge in [0.15, 0.2) is 5.96 Å². The van der Waals surface area contributed by atoms with Gasteiger partial charge in [0.05, 0.1) is 18.2 Å². The van der Waals surface area contributed by atoms with E-state index in [2.05, 4.69) is 26.7 Å². The molecule has 2 bridgehead atoms. The maximum absolute atomic E-state index is 5.88. The minimum absolute atomic E-state index is 0. The number of rotatable bonds is 4. The second-order valence-corrected chi connectivity index (χ2v) is 6.20. The molecule has 6 nitrogen and oxygen atoms in total. The topological polar surface area (TPSA) is 61.8 Å². The molecule has 0 aliphatic carbocycles. The maximum Gasteiger partial charge on any atom is 0.191 e. The minimum Gasteiger partial charge on any atom is -0.373 e. The Balaban J connectivity index is 0.00000192. The van der Waals surface area contributed by atoms with Gasteiger partial charge in [-0.25, -0.2) is 4.98 Å². The first-order valence-corrected chi connectivity index (χ1v) is 7.90. The predicted octanol–water partition coefficient (Wildman–Crippen LogP) is 1.75. The van der Waals surface area contributed by atoms with Crippen LogP contribution in [0.5, 0.6) is 0 Å². The molecule has 2 aliphatic rings. The first-order chi connectivity index (χ1) is 10.7. The molecule has 2 fully saturated rings. The van der Waals surface area contributed by atoms with E-state index in [-0.39, 0.29) is 24.0 Å². The molecule has 2 N–H and O–H groups in total. The van der Waals surface area contributed by atoms with Gasteiger partial charge in [-0.05, 0) is 37.0 Å². The monoisotopic (exact) mass is 431 g/mol. The highest BCUT2D eigenvalue weighted by molar-refractivity contribution is 14.0. The zero-order valence-electron chi connectivity index (χ0n) is 14.0. The molecule has 1 aromatic heterocycles. The van der Waals surface area contributed by atoms with Crippen molar-refractivity contribution in [3.05, 3.63) is 23.9 Å². The van der Waals surface area contributed by atoms with Crippen LogP contribution in [0.25, 0.3) is 0 Å². The lowest BCUT2D eigenvalue weighted by molar-refractivity contribution is 0.0992. The molecule has 0 radical (unpaired) electrons. The second-order valence-electron chi connectivity index (χ2n) is 6.20. The van der Waals surface area contributed by atoms with Crippen molar-refractivity contribution in [1.29, 1.82) is 0 Å². The van der Waals surface area contributed by atoms with Crippen LogP contribution in [0.2, 0.25) is 0 Å². The van der Waals surface area contributed by atoms with Gasteiger partial charge in [0.1, 0.15) is 5.82 Å². The van der Waals surface area contributed by atoms with Gasteiger partial charge in [-0.2, -0.15) is 0 Å². The number of nitrogens with zero attached hydrogens (tertiary/aromatic N) is 3. The van der Waals surface area contributed by atoms with Gasteiger partial charge in [-0.1, -0.05) is 0 Å². The van der Waals surface area contributed by atoms with Gasteiger partial charge in [-0.3, -0.25) is 4.99 Å². The third-order valence-corrected chi connectivity index (χ3v) is 4.38. The molecule has 2 saturated heterocycles. The van der Waals surface area contributed by atoms with Crippen LogP contribution in [-0.4, -0.2) is 50.3 Å². The summed E-state index contributed by atoms with van der Waals surface area (Å²) in [4.78, 5) is 10.7. The number of pyridine rings is 1. The van der Waals surface area contributed by atoms with Crippen molar-refractivity contribution in [2.75, 3.05) is 26.0 Å². The summed E-state index contributed by atoms with van der Waals surface area (Å²) in [6, 6.07) is 4.49. The zero-order valence-corrected chi connectivity index (χ0v) is 16.3. The number of aliphatic imine (C=N–C) groups is 1. The molecule has 0 aromatic carbocycles. The van der Waals surface area contributed by atoms with Gasteiger partial charge < -0.3 is 20.3 Å². The molecule has 2 aliphatic heterocycles. The van der Waals surface area contributed by atoms with Gasteiger partial charge in [0.25, 0.3) is 0 Å². The number of anilines is 1. The number of guanidine groups is 1. The average Bonchev–Trinajstić information content (AvgIpc) is 3.14. The Hall–Kier alpha value is -1.09. The highest BCUT2D eigenvalue weighted by Gasteiger charge is 2.41. The average molecular weight is 431 g/mol. The smallest absolute Gasteiger partial charge is 0.191 e. The fourth-order valence-electron chi connectivity index (χ4n) is 3.16. The summed E-state index contributed by atoms with van der Waals surface area (Å²) in [6.45, 7) is 0.727. The summed E-state index contributed by atoms with van der Waals surface area (Å²) in [7, 11) is 5.80. The third-order valence-electron chi connectivity index (χ3n) is 4.38. The molecular formula is C16H26IN5O. The summed E-state index contributed by atoms with van der Waals surface area (Å²) in [5.41, 5.74) is 1.19. The lowest BCUT2D eigenvalue weighted by atomic mass is 9.96. The highest BCUT2D eigenvalue weighted by Crippen LogP contribution is 2.34. The van der Waals surface area contributed by atoms with Crippen molar-refractivity contribution in [3.63, 3.8) is 0 Å². The van der Waals surface area contributed by atoms with Crippen LogP contribution in [0, 0.1) is 0 Å². The number of nitrogens with one attached hydrogen (secondary N) is 2. The van der Waals surface area contributed by atoms with Crippen molar-refractivity contribution >= 4 is 35.8 Å². The summed E-state index contributed by atoms with van der Waals surface area (Å²) >= 11 is 0. The fourth-order valence-corrected chi connectivity index (χ4v) is 3.16. The van der Waals surface area contributed by atoms with Crippen molar-refractivity contribution in [1.82, 2.24) is 15.6 Å². The van der Waals surface area contributed by atoms with E-state index in [1.165, 1.54) is 12.0 Å². The van der Waals surface area contributed by atoms with E-state index in [0.29, 0.717) is 18.2 Å². The Morgan fingerprint density at radius 3 is 2.87 bits per heavy atom. The summed E-state index contributed by atoms with van der Waals surface area (Å²) in [5.74, 6) is 1.80. The van der Waals surface area contributed by atoms with Crippen molar-refractivity contribution in [2.24, 2.45) is 4.99 Å². The lowest BCUT2D eigenvalue weighted by Gasteiger charge is -2.22. The van der Waals surface area contributed by atoms with E-state index >= 15 is 0 Å². The Labute approximate surface area is 155 Å². The molecule has 3 atom stereocenters. The number of hydrogen-bond acceptors (Lipinski definition) is 4. The van der Waals surface area contributed by atoms with Crippen molar-refractivity contribution in [3.8, 4) is 0 Å². The van der Waals surface area contributed by atoms with Crippen molar-refractivity contribution in [2.45, 2.75) is 44.1 Å². The lowest BCUT2D eigenvalue weighted by Crippen LogP contribution is -2.47. The molecular weight excluding hydrogens is 405 g/mol. The standard InChI is InChI=1S/C16H25N5O.HI/c1-17-16(20-13-9-12-4-5-14(13)22-12)19-10-11-6-7-18-15(8-11)21(2)3;/h6-8,12-14H,4-5,9-10H2,1-3H3,(H2,17,19,20);1H. The first kappa shape index (κ1) is 18.3. The SMILES string of the molecule is CN=C(NCc1ccnc(N(C)C)c1)NC1CC2CCC1O2.I. The first-order valence-electron chi connectivity index (χ1n) is 7.90. The Morgan fingerprint density at radius 1 is 1.43 bits per heavy atom. The molecule has 7 heteroatoms. The summed E-state index contributed by atoms with van der Waals surface area (Å²) in [6.07, 6.45) is 6.10. The summed E-state index contributed by atoms with van der Waals surface area (Å²) in [5, 5.41) is 6.87. The maximum atomic E-state index is 5.88. The van der Waals surface area contributed by atoms with Crippen LogP contribution in [-0.2, 0) is 11.3 Å². The Kier molecular flexibility index (Phi) is 6.46. The fraction of sp³-hybridized carbons (Fsp3) is 0.625. The van der Waals surface area contributed by atoms with Crippen LogP contribution >= 0.6 is 24.0 Å². The number of halogens is 1. The van der Waals surface area contributed by atoms with Gasteiger partial charge in [0.2, 0.25) is 0 Å². The van der Waals surface area contributed by atoms with Crippen LogP contribution in [0.4, 0.5) is 5.82 Å². The van der Waals surface area contributed by atoms with Gasteiger partial charge in [-0.15, -0.1) is 24.0 Å². The number of fused-ring (bicyclic) bond motifs is 2. The van der Waals surface area contributed by atoms with E-state index < -0.39 is 0 Å². The van der Waals surface area contributed by atoms with Crippen LogP contribution in [0.15, 0.2) is 23.3 Å². The van der Waals surface area contributed by atoms with E-state index in [0.717, 1.165) is 31.2 Å². The largest absolute Gasteiger partial charge is 0.373 e. The highest BCUT2D eigenvalue weighted by atomic mass is 127. The molecule has 0 saturated carbocycles. The molecule has 0 spiro atoms. The van der Waals surface area contributed by atoms with Gasteiger partial charge in [0, 0.05) is 33.9 Å². The van der Waals surface area contributed by atoms with E-state index in [9.17, 15) is 0 Å². The van der Waals surface area contributed by atoms with Crippen LogP contribution < -0.4 is 15.5 Å². The van der Waals surface area contributed by atoms with Crippen molar-refractivity contribution < 1.29 is 4.74 Å². The molecule has 23 heavy (non-hydrogen) atoms. The van der Waals surface area contributed by atoms with E-state index in [1.54, 1.807) is 7.05 Å². The quantitative estimate of drug-likeness (QED) is 0.432. The summed E-state index contributed by atoms with van der Waals surface area (Å²) < 4.78 is 5.88. The van der Waals surface area contributed by atoms with Crippen LogP contribution in [0.3, 0.4) is 0 Å². The van der Waals surface area contributed by atoms with E-state index in [1.807, 2.05) is 31.3 Å². The molecule has 3 heterocycles. The number of ether oxygens (including phenoxy) is 1. The predicted molar refractivity (Wildman–Crippen MR) is 104 cm³/mol. The number of aromatic nitrogens is 1. The Morgan fingerprint density at radius 2 is 2.26 bits per heavy atom. The van der Waals surface area contributed by atoms with E-state index in [4.69, 9.17) is 4.74 Å². The number of hydrogen-bond donors (Lipinski definition) is 2. The molecule has 3 unspecified atom stereocenters. The molecule has 3 rings (SSSR count). The molecule has 0 amide bonds. The Bertz CT molecular complexity index is 551. The molecule has 128 valence electrons. The van der Waals surface area contributed by atoms with Crippen LogP contribution in [0.1, 0.15) is 24.8 Å². The molecule has 1 aromatic rings. The third kappa shape index (κ3) is 4.47. The normalized spacial score (nSPS) is 25.9. The van der Waals surface area contributed by atoms with Gasteiger partial charge >= 0.3 is 0 Å².